The molecule has 0 fully saturated rings. The molecule has 1 N–H and O–H groups in total. The molecule has 2 rings (SSSR count). The molecule has 0 atom stereocenters. The van der Waals surface area contributed by atoms with Gasteiger partial charge in [-0.15, -0.1) is 0 Å². The normalized spacial score (nSPS) is 10.2. The number of amides is 1. The van der Waals surface area contributed by atoms with Gasteiger partial charge in [0.15, 0.2) is 0 Å². The predicted octanol–water partition coefficient (Wildman–Crippen LogP) is 1.99. The Bertz CT molecular complexity index is 555. The Kier molecular flexibility index (Phi) is 4.13. The first-order valence-electron chi connectivity index (χ1n) is 6.06. The van der Waals surface area contributed by atoms with Crippen LogP contribution in [0.25, 0.3) is 0 Å². The number of carbonyl (C=O) groups is 1. The minimum absolute atomic E-state index is 0.0293. The first kappa shape index (κ1) is 13.1. The van der Waals surface area contributed by atoms with Gasteiger partial charge in [0.2, 0.25) is 5.91 Å². The van der Waals surface area contributed by atoms with Crippen molar-refractivity contribution in [1.82, 2.24) is 9.88 Å². The zero-order valence-electron chi connectivity index (χ0n) is 10.8. The van der Waals surface area contributed by atoms with Crippen molar-refractivity contribution in [3.63, 3.8) is 0 Å². The van der Waals surface area contributed by atoms with Crippen LogP contribution in [0.1, 0.15) is 11.1 Å². The maximum absolute atomic E-state index is 12.1. The van der Waals surface area contributed by atoms with Crippen LogP contribution < -0.4 is 0 Å². The second-order valence-corrected chi connectivity index (χ2v) is 4.41. The van der Waals surface area contributed by atoms with E-state index in [1.54, 1.807) is 42.5 Å². The van der Waals surface area contributed by atoms with Crippen molar-refractivity contribution in [3.8, 4) is 5.75 Å². The van der Waals surface area contributed by atoms with Gasteiger partial charge in [0, 0.05) is 31.5 Å². The summed E-state index contributed by atoms with van der Waals surface area (Å²) in [7, 11) is 1.75. The Balaban J connectivity index is 1.99. The van der Waals surface area contributed by atoms with Crippen LogP contribution in [0.5, 0.6) is 5.75 Å². The van der Waals surface area contributed by atoms with Gasteiger partial charge >= 0.3 is 0 Å². The van der Waals surface area contributed by atoms with Gasteiger partial charge in [0.1, 0.15) is 5.75 Å². The van der Waals surface area contributed by atoms with Gasteiger partial charge in [-0.25, -0.2) is 0 Å². The lowest BCUT2D eigenvalue weighted by molar-refractivity contribution is -0.129. The first-order valence-corrected chi connectivity index (χ1v) is 6.06. The Labute approximate surface area is 112 Å². The molecule has 0 radical (unpaired) electrons. The summed E-state index contributed by atoms with van der Waals surface area (Å²) >= 11 is 0. The summed E-state index contributed by atoms with van der Waals surface area (Å²) in [6.45, 7) is 0.537. The summed E-state index contributed by atoms with van der Waals surface area (Å²) in [5.74, 6) is 0.131. The van der Waals surface area contributed by atoms with E-state index < -0.39 is 0 Å². The van der Waals surface area contributed by atoms with E-state index in [0.717, 1.165) is 5.56 Å². The summed E-state index contributed by atoms with van der Waals surface area (Å²) < 4.78 is 0. The molecule has 2 aromatic rings. The molecule has 0 aliphatic carbocycles. The van der Waals surface area contributed by atoms with Crippen molar-refractivity contribution >= 4 is 5.91 Å². The van der Waals surface area contributed by atoms with Crippen molar-refractivity contribution in [2.45, 2.75) is 13.0 Å². The maximum Gasteiger partial charge on any atom is 0.227 e. The van der Waals surface area contributed by atoms with Gasteiger partial charge in [-0.3, -0.25) is 9.78 Å². The highest BCUT2D eigenvalue weighted by Gasteiger charge is 2.12. The number of carbonyl (C=O) groups excluding carboxylic acids is 1. The molecule has 0 aliphatic heterocycles. The third-order valence-corrected chi connectivity index (χ3v) is 2.93. The molecule has 1 aromatic carbocycles. The summed E-state index contributed by atoms with van der Waals surface area (Å²) in [6.07, 6.45) is 3.61. The number of likely N-dealkylation sites (N-methyl/N-ethyl adjacent to an activating group) is 1. The molecule has 0 aliphatic rings. The summed E-state index contributed by atoms with van der Waals surface area (Å²) in [5, 5.41) is 9.65. The minimum Gasteiger partial charge on any atom is -0.508 e. The van der Waals surface area contributed by atoms with Crippen molar-refractivity contribution in [2.75, 3.05) is 7.05 Å². The van der Waals surface area contributed by atoms with E-state index in [9.17, 15) is 9.90 Å². The number of pyridine rings is 1. The number of rotatable bonds is 4. The third-order valence-electron chi connectivity index (χ3n) is 2.93. The lowest BCUT2D eigenvalue weighted by Crippen LogP contribution is -2.27. The molecule has 4 heteroatoms. The number of hydrogen-bond acceptors (Lipinski definition) is 3. The van der Waals surface area contributed by atoms with Gasteiger partial charge in [0.25, 0.3) is 0 Å². The van der Waals surface area contributed by atoms with Gasteiger partial charge in [-0.05, 0) is 23.8 Å². The predicted molar refractivity (Wildman–Crippen MR) is 72.5 cm³/mol. The Hall–Kier alpha value is -2.36. The zero-order valence-corrected chi connectivity index (χ0v) is 10.8. The van der Waals surface area contributed by atoms with E-state index in [1.807, 2.05) is 18.2 Å². The molecular formula is C15H16N2O2. The van der Waals surface area contributed by atoms with Crippen LogP contribution in [0.4, 0.5) is 0 Å². The lowest BCUT2D eigenvalue weighted by Gasteiger charge is -2.17. The van der Waals surface area contributed by atoms with Gasteiger partial charge < -0.3 is 10.0 Å². The fourth-order valence-corrected chi connectivity index (χ4v) is 1.81. The standard InChI is InChI=1S/C15H16N2O2/c1-17(11-12-6-8-16-9-7-12)15(19)10-13-4-2-3-5-14(13)18/h2-9,18H,10-11H2,1H3. The summed E-state index contributed by atoms with van der Waals surface area (Å²) in [5.41, 5.74) is 1.68. The van der Waals surface area contributed by atoms with E-state index in [2.05, 4.69) is 4.98 Å². The number of hydrogen-bond donors (Lipinski definition) is 1. The van der Waals surface area contributed by atoms with E-state index in [-0.39, 0.29) is 18.1 Å². The molecule has 1 amide bonds. The van der Waals surface area contributed by atoms with Gasteiger partial charge in [0.05, 0.1) is 6.42 Å². The van der Waals surface area contributed by atoms with Crippen LogP contribution >= 0.6 is 0 Å². The van der Waals surface area contributed by atoms with Crippen LogP contribution in [0, 0.1) is 0 Å². The quantitative estimate of drug-likeness (QED) is 0.910. The Morgan fingerprint density at radius 3 is 2.58 bits per heavy atom. The Morgan fingerprint density at radius 2 is 1.89 bits per heavy atom. The van der Waals surface area contributed by atoms with E-state index >= 15 is 0 Å². The highest BCUT2D eigenvalue weighted by Crippen LogP contribution is 2.17. The van der Waals surface area contributed by atoms with Crippen molar-refractivity contribution in [3.05, 3.63) is 59.9 Å². The van der Waals surface area contributed by atoms with Crippen LogP contribution in [0.2, 0.25) is 0 Å². The number of nitrogens with zero attached hydrogens (tertiary/aromatic N) is 2. The average Bonchev–Trinajstić information content (AvgIpc) is 2.42. The average molecular weight is 256 g/mol. The molecule has 0 saturated heterocycles. The number of phenolic OH excluding ortho intramolecular Hbond substituents is 1. The summed E-state index contributed by atoms with van der Waals surface area (Å²) in [4.78, 5) is 17.6. The fourth-order valence-electron chi connectivity index (χ4n) is 1.81. The monoisotopic (exact) mass is 256 g/mol. The third kappa shape index (κ3) is 3.55. The molecule has 0 spiro atoms. The molecule has 1 aromatic heterocycles. The number of benzene rings is 1. The highest BCUT2D eigenvalue weighted by atomic mass is 16.3. The van der Waals surface area contributed by atoms with Gasteiger partial charge in [-0.2, -0.15) is 0 Å². The van der Waals surface area contributed by atoms with Crippen LogP contribution in [-0.4, -0.2) is 27.9 Å². The fraction of sp³-hybridized carbons (Fsp3) is 0.200. The molecule has 0 unspecified atom stereocenters. The molecule has 0 bridgehead atoms. The van der Waals surface area contributed by atoms with Crippen molar-refractivity contribution in [1.29, 1.82) is 0 Å². The van der Waals surface area contributed by atoms with E-state index in [1.165, 1.54) is 0 Å². The van der Waals surface area contributed by atoms with E-state index in [4.69, 9.17) is 0 Å². The van der Waals surface area contributed by atoms with Crippen LogP contribution in [-0.2, 0) is 17.8 Å². The molecule has 19 heavy (non-hydrogen) atoms. The number of para-hydroxylation sites is 1. The van der Waals surface area contributed by atoms with Crippen LogP contribution in [0.15, 0.2) is 48.8 Å². The van der Waals surface area contributed by atoms with Gasteiger partial charge in [-0.1, -0.05) is 18.2 Å². The SMILES string of the molecule is CN(Cc1ccncc1)C(=O)Cc1ccccc1O. The topological polar surface area (TPSA) is 53.4 Å². The molecule has 98 valence electrons. The first-order chi connectivity index (χ1) is 9.16. The largest absolute Gasteiger partial charge is 0.508 e. The molecule has 4 nitrogen and oxygen atoms in total. The highest BCUT2D eigenvalue weighted by molar-refractivity contribution is 5.79. The second-order valence-electron chi connectivity index (χ2n) is 4.41. The number of aromatic hydroxyl groups is 1. The zero-order chi connectivity index (χ0) is 13.7. The smallest absolute Gasteiger partial charge is 0.227 e. The lowest BCUT2D eigenvalue weighted by atomic mass is 10.1. The second kappa shape index (κ2) is 6.00. The van der Waals surface area contributed by atoms with Crippen molar-refractivity contribution < 1.29 is 9.90 Å². The molecule has 1 heterocycles. The number of aromatic nitrogens is 1. The van der Waals surface area contributed by atoms with Crippen LogP contribution in [0.3, 0.4) is 0 Å². The molecule has 0 saturated carbocycles. The van der Waals surface area contributed by atoms with E-state index in [0.29, 0.717) is 12.1 Å². The minimum atomic E-state index is -0.0293. The Morgan fingerprint density at radius 1 is 1.21 bits per heavy atom. The van der Waals surface area contributed by atoms with Crippen molar-refractivity contribution in [2.24, 2.45) is 0 Å². The summed E-state index contributed by atoms with van der Waals surface area (Å²) in [6, 6.07) is 10.7. The molecular weight excluding hydrogens is 240 g/mol. The number of phenols is 1. The maximum atomic E-state index is 12.1.